The van der Waals surface area contributed by atoms with Gasteiger partial charge in [-0.1, -0.05) is 27.3 Å². The Morgan fingerprint density at radius 3 is 2.89 bits per heavy atom. The zero-order valence-corrected chi connectivity index (χ0v) is 12.9. The molecule has 0 aliphatic rings. The van der Waals surface area contributed by atoms with Gasteiger partial charge in [0.2, 0.25) is 5.13 Å². The first-order valence-corrected chi connectivity index (χ1v) is 7.48. The Kier molecular flexibility index (Phi) is 3.28. The lowest BCUT2D eigenvalue weighted by atomic mass is 10.2. The number of benzene rings is 1. The largest absolute Gasteiger partial charge is 0.459 e. The summed E-state index contributed by atoms with van der Waals surface area (Å²) in [5.41, 5.74) is 0.889. The first-order valence-electron chi connectivity index (χ1n) is 5.87. The summed E-state index contributed by atoms with van der Waals surface area (Å²) in [6, 6.07) is 8.08. The van der Waals surface area contributed by atoms with Crippen molar-refractivity contribution in [2.75, 3.05) is 5.32 Å². The van der Waals surface area contributed by atoms with Crippen molar-refractivity contribution in [1.82, 2.24) is 10.2 Å². The molecular formula is C13H12BrN3OS. The highest BCUT2D eigenvalue weighted by atomic mass is 79.9. The Labute approximate surface area is 123 Å². The topological polar surface area (TPSA) is 51.0 Å². The number of furan rings is 1. The van der Waals surface area contributed by atoms with Crippen LogP contribution in [0.5, 0.6) is 0 Å². The van der Waals surface area contributed by atoms with Crippen LogP contribution < -0.4 is 5.32 Å². The molecule has 4 nitrogen and oxygen atoms in total. The highest BCUT2D eigenvalue weighted by molar-refractivity contribution is 9.10. The van der Waals surface area contributed by atoms with E-state index in [2.05, 4.69) is 31.4 Å². The third kappa shape index (κ3) is 2.64. The molecule has 0 bridgehead atoms. The standard InChI is InChI=1S/C13H12BrN3OS/c1-7(15-13-17-16-8(2)19-13)12-6-9-5-10(14)3-4-11(9)18-12/h3-7H,1-2H3,(H,15,17). The van der Waals surface area contributed by atoms with E-state index in [1.54, 1.807) is 0 Å². The van der Waals surface area contributed by atoms with E-state index in [1.807, 2.05) is 38.1 Å². The van der Waals surface area contributed by atoms with Crippen LogP contribution in [0.25, 0.3) is 11.0 Å². The average Bonchev–Trinajstić information content (AvgIpc) is 2.95. The molecule has 0 aliphatic carbocycles. The number of rotatable bonds is 3. The molecule has 1 aromatic carbocycles. The minimum Gasteiger partial charge on any atom is -0.459 e. The molecule has 2 aromatic heterocycles. The van der Waals surface area contributed by atoms with Gasteiger partial charge < -0.3 is 9.73 Å². The molecule has 1 atom stereocenters. The van der Waals surface area contributed by atoms with Crippen LogP contribution in [0.15, 0.2) is 33.2 Å². The summed E-state index contributed by atoms with van der Waals surface area (Å²) >= 11 is 5.00. The van der Waals surface area contributed by atoms with E-state index >= 15 is 0 Å². The number of nitrogens with zero attached hydrogens (tertiary/aromatic N) is 2. The van der Waals surface area contributed by atoms with Crippen molar-refractivity contribution in [2.45, 2.75) is 19.9 Å². The molecule has 2 heterocycles. The van der Waals surface area contributed by atoms with Gasteiger partial charge in [-0.05, 0) is 38.1 Å². The van der Waals surface area contributed by atoms with Crippen LogP contribution in [0.3, 0.4) is 0 Å². The third-order valence-corrected chi connectivity index (χ3v) is 4.05. The van der Waals surface area contributed by atoms with Crippen molar-refractivity contribution in [3.05, 3.63) is 39.5 Å². The zero-order valence-electron chi connectivity index (χ0n) is 10.5. The Balaban J connectivity index is 1.86. The molecule has 0 radical (unpaired) electrons. The molecule has 98 valence electrons. The van der Waals surface area contributed by atoms with E-state index in [-0.39, 0.29) is 6.04 Å². The molecule has 0 saturated carbocycles. The molecule has 0 saturated heterocycles. The van der Waals surface area contributed by atoms with Crippen molar-refractivity contribution in [2.24, 2.45) is 0 Å². The summed E-state index contributed by atoms with van der Waals surface area (Å²) in [5.74, 6) is 0.890. The minimum atomic E-state index is 0.0542. The molecule has 0 amide bonds. The highest BCUT2D eigenvalue weighted by Gasteiger charge is 2.13. The van der Waals surface area contributed by atoms with Crippen LogP contribution in [0.4, 0.5) is 5.13 Å². The van der Waals surface area contributed by atoms with Gasteiger partial charge in [0.1, 0.15) is 16.4 Å². The predicted octanol–water partition coefficient (Wildman–Crippen LogP) is 4.53. The number of aryl methyl sites for hydroxylation is 1. The lowest BCUT2D eigenvalue weighted by Gasteiger charge is -2.08. The average molecular weight is 338 g/mol. The SMILES string of the molecule is Cc1nnc(NC(C)c2cc3cc(Br)ccc3o2)s1. The molecule has 6 heteroatoms. The van der Waals surface area contributed by atoms with Gasteiger partial charge in [-0.15, -0.1) is 10.2 Å². The first-order chi connectivity index (χ1) is 9.11. The summed E-state index contributed by atoms with van der Waals surface area (Å²) in [6.45, 7) is 3.98. The molecular weight excluding hydrogens is 326 g/mol. The Hall–Kier alpha value is -1.40. The number of anilines is 1. The van der Waals surface area contributed by atoms with E-state index in [4.69, 9.17) is 4.42 Å². The zero-order chi connectivity index (χ0) is 13.4. The number of aromatic nitrogens is 2. The number of nitrogens with one attached hydrogen (secondary N) is 1. The van der Waals surface area contributed by atoms with Crippen molar-refractivity contribution in [1.29, 1.82) is 0 Å². The molecule has 3 rings (SSSR count). The maximum atomic E-state index is 5.84. The molecule has 1 unspecified atom stereocenters. The Bertz CT molecular complexity index is 722. The maximum Gasteiger partial charge on any atom is 0.206 e. The fourth-order valence-corrected chi connectivity index (χ4v) is 2.92. The van der Waals surface area contributed by atoms with Gasteiger partial charge in [0.25, 0.3) is 0 Å². The fraction of sp³-hybridized carbons (Fsp3) is 0.231. The van der Waals surface area contributed by atoms with Crippen molar-refractivity contribution in [3.63, 3.8) is 0 Å². The molecule has 3 aromatic rings. The second-order valence-corrected chi connectivity index (χ2v) is 6.42. The molecule has 1 N–H and O–H groups in total. The van der Waals surface area contributed by atoms with Crippen LogP contribution >= 0.6 is 27.3 Å². The van der Waals surface area contributed by atoms with Gasteiger partial charge in [0.05, 0.1) is 6.04 Å². The van der Waals surface area contributed by atoms with Gasteiger partial charge in [-0.3, -0.25) is 0 Å². The normalized spacial score (nSPS) is 12.8. The Morgan fingerprint density at radius 1 is 1.32 bits per heavy atom. The summed E-state index contributed by atoms with van der Waals surface area (Å²) in [6.07, 6.45) is 0. The van der Waals surface area contributed by atoms with E-state index in [1.165, 1.54) is 11.3 Å². The first kappa shape index (κ1) is 12.6. The number of hydrogen-bond donors (Lipinski definition) is 1. The van der Waals surface area contributed by atoms with E-state index in [0.717, 1.165) is 31.3 Å². The quantitative estimate of drug-likeness (QED) is 0.762. The number of halogens is 1. The number of fused-ring (bicyclic) bond motifs is 1. The summed E-state index contributed by atoms with van der Waals surface area (Å²) in [7, 11) is 0. The minimum absolute atomic E-state index is 0.0542. The maximum absolute atomic E-state index is 5.84. The number of hydrogen-bond acceptors (Lipinski definition) is 5. The predicted molar refractivity (Wildman–Crippen MR) is 80.6 cm³/mol. The van der Waals surface area contributed by atoms with Crippen molar-refractivity contribution < 1.29 is 4.42 Å². The van der Waals surface area contributed by atoms with Crippen LogP contribution in [0.1, 0.15) is 23.7 Å². The van der Waals surface area contributed by atoms with Gasteiger partial charge in [0.15, 0.2) is 0 Å². The molecule has 0 fully saturated rings. The summed E-state index contributed by atoms with van der Waals surface area (Å²) < 4.78 is 6.89. The third-order valence-electron chi connectivity index (χ3n) is 2.79. The lowest BCUT2D eigenvalue weighted by Crippen LogP contribution is -2.04. The van der Waals surface area contributed by atoms with Gasteiger partial charge in [0, 0.05) is 9.86 Å². The molecule has 0 spiro atoms. The van der Waals surface area contributed by atoms with Gasteiger partial charge in [-0.2, -0.15) is 0 Å². The van der Waals surface area contributed by atoms with Crippen molar-refractivity contribution in [3.8, 4) is 0 Å². The highest BCUT2D eigenvalue weighted by Crippen LogP contribution is 2.28. The lowest BCUT2D eigenvalue weighted by molar-refractivity contribution is 0.526. The van der Waals surface area contributed by atoms with Crippen LogP contribution in [0.2, 0.25) is 0 Å². The van der Waals surface area contributed by atoms with Crippen molar-refractivity contribution >= 4 is 43.4 Å². The molecule has 19 heavy (non-hydrogen) atoms. The summed E-state index contributed by atoms with van der Waals surface area (Å²) in [5, 5.41) is 14.2. The fourth-order valence-electron chi connectivity index (χ4n) is 1.86. The van der Waals surface area contributed by atoms with Gasteiger partial charge in [-0.25, -0.2) is 0 Å². The van der Waals surface area contributed by atoms with Crippen LogP contribution in [-0.2, 0) is 0 Å². The van der Waals surface area contributed by atoms with Crippen LogP contribution in [-0.4, -0.2) is 10.2 Å². The van der Waals surface area contributed by atoms with Crippen LogP contribution in [0, 0.1) is 6.92 Å². The molecule has 0 aliphatic heterocycles. The van der Waals surface area contributed by atoms with E-state index < -0.39 is 0 Å². The summed E-state index contributed by atoms with van der Waals surface area (Å²) in [4.78, 5) is 0. The Morgan fingerprint density at radius 2 is 2.16 bits per heavy atom. The van der Waals surface area contributed by atoms with E-state index in [0.29, 0.717) is 0 Å². The van der Waals surface area contributed by atoms with E-state index in [9.17, 15) is 0 Å². The second-order valence-electron chi connectivity index (χ2n) is 4.32. The monoisotopic (exact) mass is 337 g/mol. The van der Waals surface area contributed by atoms with Gasteiger partial charge >= 0.3 is 0 Å². The smallest absolute Gasteiger partial charge is 0.206 e. The second kappa shape index (κ2) is 4.94.